The molecule has 0 fully saturated rings. The van der Waals surface area contributed by atoms with E-state index in [9.17, 15) is 9.18 Å². The van der Waals surface area contributed by atoms with Gasteiger partial charge in [-0.1, -0.05) is 16.8 Å². The first-order valence-corrected chi connectivity index (χ1v) is 7.23. The molecular formula is C15H11ClFN5O2. The number of halogens is 2. The first kappa shape index (κ1) is 16.0. The van der Waals surface area contributed by atoms with Gasteiger partial charge in [-0.3, -0.25) is 0 Å². The molecule has 0 saturated heterocycles. The lowest BCUT2D eigenvalue weighted by molar-refractivity contribution is 0.0460. The summed E-state index contributed by atoms with van der Waals surface area (Å²) in [5, 5.41) is 7.97. The van der Waals surface area contributed by atoms with Crippen LogP contribution in [0.5, 0.6) is 0 Å². The number of carbonyl (C=O) groups excluding carboxylic acids is 1. The predicted molar refractivity (Wildman–Crippen MR) is 82.2 cm³/mol. The van der Waals surface area contributed by atoms with E-state index in [-0.39, 0.29) is 17.3 Å². The molecule has 0 aliphatic heterocycles. The van der Waals surface area contributed by atoms with Crippen LogP contribution in [0, 0.1) is 12.7 Å². The Labute approximate surface area is 141 Å². The Bertz CT molecular complexity index is 899. The van der Waals surface area contributed by atoms with Crippen molar-refractivity contribution in [2.45, 2.75) is 13.5 Å². The third-order valence-electron chi connectivity index (χ3n) is 3.06. The van der Waals surface area contributed by atoms with Crippen molar-refractivity contribution in [1.82, 2.24) is 25.0 Å². The molecule has 24 heavy (non-hydrogen) atoms. The van der Waals surface area contributed by atoms with E-state index in [4.69, 9.17) is 16.3 Å². The van der Waals surface area contributed by atoms with Gasteiger partial charge >= 0.3 is 5.97 Å². The van der Waals surface area contributed by atoms with Gasteiger partial charge in [0, 0.05) is 5.69 Å². The van der Waals surface area contributed by atoms with Crippen LogP contribution in [0.15, 0.2) is 36.8 Å². The molecule has 122 valence electrons. The molecule has 7 nitrogen and oxygen atoms in total. The van der Waals surface area contributed by atoms with Gasteiger partial charge in [-0.25, -0.2) is 23.8 Å². The van der Waals surface area contributed by atoms with Gasteiger partial charge < -0.3 is 4.74 Å². The van der Waals surface area contributed by atoms with Crippen LogP contribution >= 0.6 is 11.6 Å². The Morgan fingerprint density at radius 2 is 2.17 bits per heavy atom. The molecule has 0 N–H and O–H groups in total. The SMILES string of the molecule is Cc1cc(C(=O)OCc2cn(-c3ccc(F)cc3Cl)nn2)ncn1. The minimum Gasteiger partial charge on any atom is -0.454 e. The fourth-order valence-electron chi connectivity index (χ4n) is 1.93. The summed E-state index contributed by atoms with van der Waals surface area (Å²) in [6.07, 6.45) is 2.83. The maximum absolute atomic E-state index is 13.1. The summed E-state index contributed by atoms with van der Waals surface area (Å²) in [6, 6.07) is 5.44. The zero-order valence-electron chi connectivity index (χ0n) is 12.5. The van der Waals surface area contributed by atoms with Crippen molar-refractivity contribution in [3.63, 3.8) is 0 Å². The molecule has 0 aliphatic rings. The number of nitrogens with zero attached hydrogens (tertiary/aromatic N) is 5. The number of rotatable bonds is 4. The molecule has 0 amide bonds. The molecule has 0 spiro atoms. The largest absolute Gasteiger partial charge is 0.454 e. The summed E-state index contributed by atoms with van der Waals surface area (Å²) in [4.78, 5) is 19.7. The Morgan fingerprint density at radius 3 is 2.92 bits per heavy atom. The molecule has 2 heterocycles. The molecule has 0 atom stereocenters. The van der Waals surface area contributed by atoms with Crippen molar-refractivity contribution < 1.29 is 13.9 Å². The van der Waals surface area contributed by atoms with E-state index in [1.807, 2.05) is 0 Å². The van der Waals surface area contributed by atoms with E-state index in [0.29, 0.717) is 17.1 Å². The van der Waals surface area contributed by atoms with Crippen LogP contribution in [-0.2, 0) is 11.3 Å². The fraction of sp³-hybridized carbons (Fsp3) is 0.133. The first-order chi connectivity index (χ1) is 11.5. The van der Waals surface area contributed by atoms with Gasteiger partial charge in [0.05, 0.1) is 16.9 Å². The quantitative estimate of drug-likeness (QED) is 0.674. The monoisotopic (exact) mass is 347 g/mol. The maximum atomic E-state index is 13.1. The first-order valence-electron chi connectivity index (χ1n) is 6.85. The third kappa shape index (κ3) is 3.54. The maximum Gasteiger partial charge on any atom is 0.357 e. The normalized spacial score (nSPS) is 10.6. The average Bonchev–Trinajstić information content (AvgIpc) is 3.01. The predicted octanol–water partition coefficient (Wildman–Crippen LogP) is 2.52. The number of hydrogen-bond donors (Lipinski definition) is 0. The summed E-state index contributed by atoms with van der Waals surface area (Å²) in [5.74, 6) is -1.03. The van der Waals surface area contributed by atoms with Crippen molar-refractivity contribution in [2.24, 2.45) is 0 Å². The molecule has 0 bridgehead atoms. The molecule has 0 unspecified atom stereocenters. The molecule has 0 radical (unpaired) electrons. The average molecular weight is 348 g/mol. The molecule has 2 aromatic heterocycles. The van der Waals surface area contributed by atoms with Crippen LogP contribution in [0.25, 0.3) is 5.69 Å². The fourth-order valence-corrected chi connectivity index (χ4v) is 2.18. The van der Waals surface area contributed by atoms with Gasteiger partial charge in [0.25, 0.3) is 0 Å². The number of aromatic nitrogens is 5. The smallest absolute Gasteiger partial charge is 0.357 e. The highest BCUT2D eigenvalue weighted by Crippen LogP contribution is 2.20. The van der Waals surface area contributed by atoms with Crippen LogP contribution in [0.2, 0.25) is 5.02 Å². The van der Waals surface area contributed by atoms with E-state index < -0.39 is 11.8 Å². The molecule has 3 aromatic rings. The molecule has 1 aromatic carbocycles. The van der Waals surface area contributed by atoms with Crippen molar-refractivity contribution in [3.8, 4) is 5.69 Å². The van der Waals surface area contributed by atoms with E-state index in [1.54, 1.807) is 6.92 Å². The van der Waals surface area contributed by atoms with E-state index in [1.165, 1.54) is 41.5 Å². The highest BCUT2D eigenvalue weighted by Gasteiger charge is 2.12. The second-order valence-corrected chi connectivity index (χ2v) is 5.28. The highest BCUT2D eigenvalue weighted by molar-refractivity contribution is 6.32. The minimum absolute atomic E-state index is 0.0826. The van der Waals surface area contributed by atoms with E-state index in [0.717, 1.165) is 0 Å². The number of benzene rings is 1. The Kier molecular flexibility index (Phi) is 4.48. The van der Waals surface area contributed by atoms with Crippen LogP contribution in [0.3, 0.4) is 0 Å². The molecule has 3 rings (SSSR count). The van der Waals surface area contributed by atoms with Gasteiger partial charge in [0.15, 0.2) is 5.69 Å². The number of ether oxygens (including phenoxy) is 1. The Hall–Kier alpha value is -2.87. The molecule has 0 saturated carbocycles. The summed E-state index contributed by atoms with van der Waals surface area (Å²) in [6.45, 7) is 1.66. The van der Waals surface area contributed by atoms with Gasteiger partial charge in [0.1, 0.15) is 24.4 Å². The van der Waals surface area contributed by atoms with Gasteiger partial charge in [-0.05, 0) is 31.2 Å². The van der Waals surface area contributed by atoms with Crippen LogP contribution in [-0.4, -0.2) is 30.9 Å². The lowest BCUT2D eigenvalue weighted by Crippen LogP contribution is -2.08. The zero-order valence-corrected chi connectivity index (χ0v) is 13.2. The van der Waals surface area contributed by atoms with Gasteiger partial charge in [0.2, 0.25) is 0 Å². The van der Waals surface area contributed by atoms with Crippen LogP contribution in [0.4, 0.5) is 4.39 Å². The van der Waals surface area contributed by atoms with E-state index >= 15 is 0 Å². The topological polar surface area (TPSA) is 82.8 Å². The number of carbonyl (C=O) groups is 1. The lowest BCUT2D eigenvalue weighted by Gasteiger charge is -2.03. The minimum atomic E-state index is -0.588. The number of aryl methyl sites for hydroxylation is 1. The van der Waals surface area contributed by atoms with Gasteiger partial charge in [-0.2, -0.15) is 0 Å². The Morgan fingerprint density at radius 1 is 1.33 bits per heavy atom. The molecule has 9 heteroatoms. The lowest BCUT2D eigenvalue weighted by atomic mass is 10.3. The molecule has 0 aliphatic carbocycles. The van der Waals surface area contributed by atoms with Crippen LogP contribution in [0.1, 0.15) is 21.9 Å². The van der Waals surface area contributed by atoms with Gasteiger partial charge in [-0.15, -0.1) is 5.10 Å². The summed E-state index contributed by atoms with van der Waals surface area (Å²) in [5.41, 5.74) is 1.70. The zero-order chi connectivity index (χ0) is 17.1. The van der Waals surface area contributed by atoms with Crippen molar-refractivity contribution in [2.75, 3.05) is 0 Å². The van der Waals surface area contributed by atoms with E-state index in [2.05, 4.69) is 20.3 Å². The standard InChI is InChI=1S/C15H11ClFN5O2/c1-9-4-13(19-8-18-9)15(23)24-7-11-6-22(21-20-11)14-3-2-10(17)5-12(14)16/h2-6,8H,7H2,1H3. The van der Waals surface area contributed by atoms with Crippen LogP contribution < -0.4 is 0 Å². The number of hydrogen-bond acceptors (Lipinski definition) is 6. The van der Waals surface area contributed by atoms with Crippen molar-refractivity contribution in [1.29, 1.82) is 0 Å². The summed E-state index contributed by atoms with van der Waals surface area (Å²) >= 11 is 5.97. The second-order valence-electron chi connectivity index (χ2n) is 4.87. The third-order valence-corrected chi connectivity index (χ3v) is 3.36. The molecular weight excluding hydrogens is 337 g/mol. The Balaban J connectivity index is 1.69. The van der Waals surface area contributed by atoms with Crippen molar-refractivity contribution >= 4 is 17.6 Å². The van der Waals surface area contributed by atoms with Crippen molar-refractivity contribution in [3.05, 3.63) is 64.7 Å². The summed E-state index contributed by atoms with van der Waals surface area (Å²) in [7, 11) is 0. The second kappa shape index (κ2) is 6.71. The number of esters is 1. The highest BCUT2D eigenvalue weighted by atomic mass is 35.5. The summed E-state index contributed by atoms with van der Waals surface area (Å²) < 4.78 is 19.6.